The number of methoxy groups -OCH3 is 2. The summed E-state index contributed by atoms with van der Waals surface area (Å²) in [5.74, 6) is 1.19. The van der Waals surface area contributed by atoms with Crippen LogP contribution < -0.4 is 14.5 Å². The number of piperazine rings is 1. The Labute approximate surface area is 148 Å². The van der Waals surface area contributed by atoms with Crippen LogP contribution in [-0.4, -0.2) is 50.8 Å². The molecule has 0 N–H and O–H groups in total. The molecule has 1 fully saturated rings. The predicted molar refractivity (Wildman–Crippen MR) is 97.6 cm³/mol. The standard InChI is InChI=1S/C19H23N3O3/c1-14-13-21(15-6-8-16(24-2)9-7-15)11-12-22(14)18-17(19(23)25-3)5-4-10-20-18/h4-10,14H,11-13H2,1-3H3/t14-/m0/s1. The molecule has 0 radical (unpaired) electrons. The fourth-order valence-electron chi connectivity index (χ4n) is 3.19. The van der Waals surface area contributed by atoms with Crippen molar-refractivity contribution in [3.63, 3.8) is 0 Å². The maximum absolute atomic E-state index is 12.0. The zero-order valence-corrected chi connectivity index (χ0v) is 14.8. The topological polar surface area (TPSA) is 54.9 Å². The van der Waals surface area contributed by atoms with E-state index < -0.39 is 0 Å². The van der Waals surface area contributed by atoms with Crippen molar-refractivity contribution < 1.29 is 14.3 Å². The van der Waals surface area contributed by atoms with E-state index in [1.54, 1.807) is 25.4 Å². The van der Waals surface area contributed by atoms with Gasteiger partial charge in [-0.05, 0) is 43.3 Å². The number of benzene rings is 1. The van der Waals surface area contributed by atoms with Gasteiger partial charge < -0.3 is 19.3 Å². The lowest BCUT2D eigenvalue weighted by Crippen LogP contribution is -2.52. The van der Waals surface area contributed by atoms with Crippen molar-refractivity contribution in [2.75, 3.05) is 43.7 Å². The van der Waals surface area contributed by atoms with Gasteiger partial charge in [-0.2, -0.15) is 0 Å². The van der Waals surface area contributed by atoms with Gasteiger partial charge in [0.1, 0.15) is 17.1 Å². The van der Waals surface area contributed by atoms with Gasteiger partial charge in [-0.15, -0.1) is 0 Å². The van der Waals surface area contributed by atoms with Crippen LogP contribution in [0.1, 0.15) is 17.3 Å². The van der Waals surface area contributed by atoms with E-state index in [1.165, 1.54) is 12.8 Å². The second-order valence-corrected chi connectivity index (χ2v) is 6.05. The van der Waals surface area contributed by atoms with Gasteiger partial charge in [0.2, 0.25) is 0 Å². The van der Waals surface area contributed by atoms with Gasteiger partial charge in [-0.1, -0.05) is 0 Å². The molecule has 1 aromatic heterocycles. The van der Waals surface area contributed by atoms with Gasteiger partial charge in [-0.3, -0.25) is 0 Å². The van der Waals surface area contributed by atoms with Crippen LogP contribution >= 0.6 is 0 Å². The van der Waals surface area contributed by atoms with Gasteiger partial charge >= 0.3 is 5.97 Å². The van der Waals surface area contributed by atoms with E-state index >= 15 is 0 Å². The van der Waals surface area contributed by atoms with Gasteiger partial charge in [-0.25, -0.2) is 9.78 Å². The molecule has 0 amide bonds. The first-order valence-electron chi connectivity index (χ1n) is 8.33. The molecule has 1 atom stereocenters. The van der Waals surface area contributed by atoms with Crippen LogP contribution in [0.25, 0.3) is 0 Å². The third kappa shape index (κ3) is 3.52. The summed E-state index contributed by atoms with van der Waals surface area (Å²) in [4.78, 5) is 21.0. The zero-order chi connectivity index (χ0) is 17.8. The Balaban J connectivity index is 1.77. The van der Waals surface area contributed by atoms with Crippen molar-refractivity contribution in [2.45, 2.75) is 13.0 Å². The van der Waals surface area contributed by atoms with E-state index in [-0.39, 0.29) is 12.0 Å². The number of rotatable bonds is 4. The molecule has 0 spiro atoms. The third-order valence-corrected chi connectivity index (χ3v) is 4.53. The van der Waals surface area contributed by atoms with Crippen molar-refractivity contribution in [3.05, 3.63) is 48.2 Å². The van der Waals surface area contributed by atoms with Gasteiger partial charge in [0, 0.05) is 37.6 Å². The molecule has 132 valence electrons. The number of aromatic nitrogens is 1. The zero-order valence-electron chi connectivity index (χ0n) is 14.8. The Morgan fingerprint density at radius 1 is 1.16 bits per heavy atom. The number of carbonyl (C=O) groups excluding carboxylic acids is 1. The summed E-state index contributed by atoms with van der Waals surface area (Å²) in [6.07, 6.45) is 1.71. The summed E-state index contributed by atoms with van der Waals surface area (Å²) in [6, 6.07) is 11.8. The second-order valence-electron chi connectivity index (χ2n) is 6.05. The Hall–Kier alpha value is -2.76. The van der Waals surface area contributed by atoms with Crippen molar-refractivity contribution >= 4 is 17.5 Å². The number of esters is 1. The molecule has 0 bridgehead atoms. The van der Waals surface area contributed by atoms with E-state index in [4.69, 9.17) is 9.47 Å². The van der Waals surface area contributed by atoms with Crippen LogP contribution in [0, 0.1) is 0 Å². The molecular formula is C19H23N3O3. The van der Waals surface area contributed by atoms with E-state index in [9.17, 15) is 4.79 Å². The Morgan fingerprint density at radius 3 is 2.56 bits per heavy atom. The summed E-state index contributed by atoms with van der Waals surface area (Å²) >= 11 is 0. The van der Waals surface area contributed by atoms with Crippen LogP contribution in [0.4, 0.5) is 11.5 Å². The highest BCUT2D eigenvalue weighted by molar-refractivity contribution is 5.94. The number of carbonyl (C=O) groups is 1. The normalized spacial score (nSPS) is 17.3. The van der Waals surface area contributed by atoms with Crippen LogP contribution in [0.5, 0.6) is 5.75 Å². The SMILES string of the molecule is COC(=O)c1cccnc1N1CCN(c2ccc(OC)cc2)C[C@@H]1C. The number of ether oxygens (including phenoxy) is 2. The Kier molecular flexibility index (Phi) is 5.07. The molecule has 1 aromatic carbocycles. The molecule has 0 unspecified atom stereocenters. The van der Waals surface area contributed by atoms with Gasteiger partial charge in [0.25, 0.3) is 0 Å². The summed E-state index contributed by atoms with van der Waals surface area (Å²) in [7, 11) is 3.06. The van der Waals surface area contributed by atoms with Crippen molar-refractivity contribution in [2.24, 2.45) is 0 Å². The molecule has 0 aliphatic carbocycles. The molecular weight excluding hydrogens is 318 g/mol. The molecule has 2 heterocycles. The maximum Gasteiger partial charge on any atom is 0.341 e. The summed E-state index contributed by atoms with van der Waals surface area (Å²) in [5, 5.41) is 0. The predicted octanol–water partition coefficient (Wildman–Crippen LogP) is 2.59. The van der Waals surface area contributed by atoms with Crippen molar-refractivity contribution in [1.82, 2.24) is 4.98 Å². The smallest absolute Gasteiger partial charge is 0.341 e. The highest BCUT2D eigenvalue weighted by Gasteiger charge is 2.28. The van der Waals surface area contributed by atoms with E-state index in [2.05, 4.69) is 33.8 Å². The van der Waals surface area contributed by atoms with E-state index in [0.29, 0.717) is 11.4 Å². The van der Waals surface area contributed by atoms with Crippen molar-refractivity contribution in [3.8, 4) is 5.75 Å². The number of hydrogen-bond acceptors (Lipinski definition) is 6. The minimum Gasteiger partial charge on any atom is -0.497 e. The Bertz CT molecular complexity index is 733. The number of hydrogen-bond donors (Lipinski definition) is 0. The fourth-order valence-corrected chi connectivity index (χ4v) is 3.19. The molecule has 0 saturated carbocycles. The van der Waals surface area contributed by atoms with E-state index in [0.717, 1.165) is 25.4 Å². The fraction of sp³-hybridized carbons (Fsp3) is 0.368. The quantitative estimate of drug-likeness (QED) is 0.797. The number of anilines is 2. The molecule has 6 heteroatoms. The maximum atomic E-state index is 12.0. The van der Waals surface area contributed by atoms with Crippen LogP contribution in [0.3, 0.4) is 0 Å². The molecule has 1 saturated heterocycles. The van der Waals surface area contributed by atoms with Crippen LogP contribution in [0.2, 0.25) is 0 Å². The lowest BCUT2D eigenvalue weighted by atomic mass is 10.1. The monoisotopic (exact) mass is 341 g/mol. The highest BCUT2D eigenvalue weighted by Crippen LogP contribution is 2.26. The largest absolute Gasteiger partial charge is 0.497 e. The lowest BCUT2D eigenvalue weighted by Gasteiger charge is -2.42. The molecule has 25 heavy (non-hydrogen) atoms. The minimum atomic E-state index is -0.354. The van der Waals surface area contributed by atoms with Crippen LogP contribution in [-0.2, 0) is 4.74 Å². The van der Waals surface area contributed by atoms with E-state index in [1.807, 2.05) is 12.1 Å². The minimum absolute atomic E-state index is 0.217. The van der Waals surface area contributed by atoms with Gasteiger partial charge in [0.05, 0.1) is 14.2 Å². The average molecular weight is 341 g/mol. The molecule has 2 aromatic rings. The molecule has 3 rings (SSSR count). The second kappa shape index (κ2) is 7.42. The third-order valence-electron chi connectivity index (χ3n) is 4.53. The summed E-state index contributed by atoms with van der Waals surface area (Å²) in [6.45, 7) is 4.64. The number of pyridine rings is 1. The molecule has 6 nitrogen and oxygen atoms in total. The molecule has 1 aliphatic heterocycles. The lowest BCUT2D eigenvalue weighted by molar-refractivity contribution is 0.0601. The van der Waals surface area contributed by atoms with Gasteiger partial charge in [0.15, 0.2) is 0 Å². The van der Waals surface area contributed by atoms with Crippen LogP contribution in [0.15, 0.2) is 42.6 Å². The average Bonchev–Trinajstić information content (AvgIpc) is 2.67. The summed E-state index contributed by atoms with van der Waals surface area (Å²) < 4.78 is 10.1. The first-order valence-corrected chi connectivity index (χ1v) is 8.33. The first-order chi connectivity index (χ1) is 12.1. The molecule has 1 aliphatic rings. The highest BCUT2D eigenvalue weighted by atomic mass is 16.5. The van der Waals surface area contributed by atoms with Crippen molar-refractivity contribution in [1.29, 1.82) is 0 Å². The first kappa shape index (κ1) is 17.1. The number of nitrogens with zero attached hydrogens (tertiary/aromatic N) is 3. The summed E-state index contributed by atoms with van der Waals surface area (Å²) in [5.41, 5.74) is 1.68. The Morgan fingerprint density at radius 2 is 1.92 bits per heavy atom.